The van der Waals surface area contributed by atoms with Crippen LogP contribution in [0.4, 0.5) is 0 Å². The van der Waals surface area contributed by atoms with Crippen molar-refractivity contribution in [2.75, 3.05) is 14.2 Å². The van der Waals surface area contributed by atoms with Crippen LogP contribution in [-0.2, 0) is 0 Å². The molecule has 1 aromatic heterocycles. The zero-order valence-corrected chi connectivity index (χ0v) is 10.3. The second-order valence-corrected chi connectivity index (χ2v) is 3.89. The van der Waals surface area contributed by atoms with Crippen LogP contribution in [0, 0.1) is 25.2 Å². The summed E-state index contributed by atoms with van der Waals surface area (Å²) in [6, 6.07) is 3.92. The molecule has 0 radical (unpaired) electrons. The summed E-state index contributed by atoms with van der Waals surface area (Å²) in [6.07, 6.45) is 0. The number of methoxy groups -OCH3 is 2. The van der Waals surface area contributed by atoms with E-state index >= 15 is 0 Å². The monoisotopic (exact) mass is 230 g/mol. The molecule has 0 amide bonds. The van der Waals surface area contributed by atoms with Crippen molar-refractivity contribution in [1.29, 1.82) is 5.26 Å². The molecule has 88 valence electrons. The number of aryl methyl sites for hydroxylation is 2. The number of aromatic nitrogens is 1. The predicted octanol–water partition coefficient (Wildman–Crippen LogP) is 2.67. The molecule has 4 nitrogen and oxygen atoms in total. The van der Waals surface area contributed by atoms with Crippen LogP contribution in [0.2, 0.25) is 0 Å². The van der Waals surface area contributed by atoms with E-state index in [1.165, 1.54) is 0 Å². The van der Waals surface area contributed by atoms with Gasteiger partial charge >= 0.3 is 0 Å². The maximum atomic E-state index is 9.22. The van der Waals surface area contributed by atoms with E-state index in [0.29, 0.717) is 11.3 Å². The van der Waals surface area contributed by atoms with E-state index in [1.807, 2.05) is 13.8 Å². The van der Waals surface area contributed by atoms with Crippen LogP contribution in [0.25, 0.3) is 10.9 Å². The molecule has 0 saturated heterocycles. The highest BCUT2D eigenvalue weighted by atomic mass is 16.5. The summed E-state index contributed by atoms with van der Waals surface area (Å²) in [5, 5.41) is 10.2. The number of benzene rings is 1. The molecule has 0 aliphatic rings. The van der Waals surface area contributed by atoms with Gasteiger partial charge in [-0.25, -0.2) is 0 Å². The lowest BCUT2D eigenvalue weighted by Gasteiger charge is -2.08. The molecule has 0 aliphatic heterocycles. The molecule has 17 heavy (non-hydrogen) atoms. The van der Waals surface area contributed by atoms with Crippen molar-refractivity contribution in [1.82, 2.24) is 4.98 Å². The second-order valence-electron chi connectivity index (χ2n) is 3.89. The molecule has 1 aromatic carbocycles. The molecular formula is C13H14N2O2. The van der Waals surface area contributed by atoms with Crippen molar-refractivity contribution in [3.63, 3.8) is 0 Å². The van der Waals surface area contributed by atoms with Crippen molar-refractivity contribution >= 4 is 10.9 Å². The van der Waals surface area contributed by atoms with Gasteiger partial charge in [-0.05, 0) is 19.4 Å². The Labute approximate surface area is 99.8 Å². The minimum Gasteiger partial charge on any atom is -0.496 e. The fourth-order valence-corrected chi connectivity index (χ4v) is 2.03. The minimum atomic E-state index is 0.513. The first-order valence-corrected chi connectivity index (χ1v) is 5.28. The topological polar surface area (TPSA) is 58.0 Å². The average molecular weight is 230 g/mol. The first-order chi connectivity index (χ1) is 8.13. The molecule has 0 spiro atoms. The van der Waals surface area contributed by atoms with Crippen LogP contribution in [0.15, 0.2) is 6.07 Å². The number of nitrogens with zero attached hydrogens (tertiary/aromatic N) is 1. The SMILES string of the molecule is COc1cc(OC)c2c(C)c(C)[nH]c2c1C#N. The third-order valence-corrected chi connectivity index (χ3v) is 3.06. The Hall–Kier alpha value is -2.15. The van der Waals surface area contributed by atoms with Crippen molar-refractivity contribution in [2.45, 2.75) is 13.8 Å². The largest absolute Gasteiger partial charge is 0.496 e. The summed E-state index contributed by atoms with van der Waals surface area (Å²) in [4.78, 5) is 3.21. The van der Waals surface area contributed by atoms with E-state index in [1.54, 1.807) is 20.3 Å². The van der Waals surface area contributed by atoms with Gasteiger partial charge in [0, 0.05) is 17.1 Å². The van der Waals surface area contributed by atoms with E-state index in [9.17, 15) is 5.26 Å². The second kappa shape index (κ2) is 4.02. The number of aromatic amines is 1. The smallest absolute Gasteiger partial charge is 0.142 e. The molecule has 0 saturated carbocycles. The van der Waals surface area contributed by atoms with Gasteiger partial charge in [0.2, 0.25) is 0 Å². The van der Waals surface area contributed by atoms with E-state index in [2.05, 4.69) is 11.1 Å². The molecule has 2 rings (SSSR count). The van der Waals surface area contributed by atoms with Gasteiger partial charge < -0.3 is 14.5 Å². The third-order valence-electron chi connectivity index (χ3n) is 3.06. The standard InChI is InChI=1S/C13H14N2O2/c1-7-8(2)15-13-9(6-14)10(16-3)5-11(17-4)12(7)13/h5,15H,1-4H3. The Morgan fingerprint density at radius 3 is 2.35 bits per heavy atom. The maximum Gasteiger partial charge on any atom is 0.142 e. The van der Waals surface area contributed by atoms with Gasteiger partial charge in [-0.1, -0.05) is 0 Å². The van der Waals surface area contributed by atoms with Crippen molar-refractivity contribution in [3.05, 3.63) is 22.9 Å². The molecule has 2 aromatic rings. The maximum absolute atomic E-state index is 9.22. The Bertz CT molecular complexity index is 621. The molecule has 1 N–H and O–H groups in total. The van der Waals surface area contributed by atoms with Crippen LogP contribution in [0.5, 0.6) is 11.5 Å². The molecule has 0 fully saturated rings. The molecule has 0 unspecified atom stereocenters. The summed E-state index contributed by atoms with van der Waals surface area (Å²) in [5.74, 6) is 1.25. The zero-order chi connectivity index (χ0) is 12.6. The molecule has 1 heterocycles. The summed E-state index contributed by atoms with van der Waals surface area (Å²) in [5.41, 5.74) is 3.41. The number of ether oxygens (including phenoxy) is 2. The van der Waals surface area contributed by atoms with Crippen LogP contribution in [-0.4, -0.2) is 19.2 Å². The molecule has 0 atom stereocenters. The lowest BCUT2D eigenvalue weighted by Crippen LogP contribution is -1.93. The molecule has 4 heteroatoms. The highest BCUT2D eigenvalue weighted by molar-refractivity contribution is 5.96. The van der Waals surface area contributed by atoms with Crippen LogP contribution >= 0.6 is 0 Å². The average Bonchev–Trinajstić information content (AvgIpc) is 2.64. The van der Waals surface area contributed by atoms with E-state index in [-0.39, 0.29) is 0 Å². The van der Waals surface area contributed by atoms with Crippen molar-refractivity contribution in [3.8, 4) is 17.6 Å². The summed E-state index contributed by atoms with van der Waals surface area (Å²) in [6.45, 7) is 3.98. The van der Waals surface area contributed by atoms with Crippen LogP contribution in [0.1, 0.15) is 16.8 Å². The number of hydrogen-bond donors (Lipinski definition) is 1. The Morgan fingerprint density at radius 1 is 1.18 bits per heavy atom. The Kier molecular flexibility index (Phi) is 2.68. The highest BCUT2D eigenvalue weighted by Gasteiger charge is 2.17. The Morgan fingerprint density at radius 2 is 1.82 bits per heavy atom. The summed E-state index contributed by atoms with van der Waals surface area (Å²) < 4.78 is 10.6. The van der Waals surface area contributed by atoms with Crippen molar-refractivity contribution < 1.29 is 9.47 Å². The summed E-state index contributed by atoms with van der Waals surface area (Å²) >= 11 is 0. The van der Waals surface area contributed by atoms with E-state index in [0.717, 1.165) is 27.9 Å². The van der Waals surface area contributed by atoms with Gasteiger partial charge in [0.05, 0.1) is 19.7 Å². The fraction of sp³-hybridized carbons (Fsp3) is 0.308. The van der Waals surface area contributed by atoms with Gasteiger partial charge in [-0.3, -0.25) is 0 Å². The summed E-state index contributed by atoms with van der Waals surface area (Å²) in [7, 11) is 3.16. The Balaban J connectivity index is 2.97. The normalized spacial score (nSPS) is 10.3. The van der Waals surface area contributed by atoms with Gasteiger partial charge in [-0.15, -0.1) is 0 Å². The van der Waals surface area contributed by atoms with E-state index < -0.39 is 0 Å². The number of fused-ring (bicyclic) bond motifs is 1. The van der Waals surface area contributed by atoms with Crippen LogP contribution in [0.3, 0.4) is 0 Å². The zero-order valence-electron chi connectivity index (χ0n) is 10.3. The lowest BCUT2D eigenvalue weighted by molar-refractivity contribution is 0.397. The minimum absolute atomic E-state index is 0.513. The number of rotatable bonds is 2. The fourth-order valence-electron chi connectivity index (χ4n) is 2.03. The number of nitrogens with one attached hydrogen (secondary N) is 1. The first-order valence-electron chi connectivity index (χ1n) is 5.28. The van der Waals surface area contributed by atoms with Gasteiger partial charge in [0.1, 0.15) is 23.1 Å². The third kappa shape index (κ3) is 1.51. The number of hydrogen-bond acceptors (Lipinski definition) is 3. The molecular weight excluding hydrogens is 216 g/mol. The highest BCUT2D eigenvalue weighted by Crippen LogP contribution is 2.37. The molecule has 0 aliphatic carbocycles. The first kappa shape index (κ1) is 11.3. The van der Waals surface area contributed by atoms with Crippen LogP contribution < -0.4 is 9.47 Å². The quantitative estimate of drug-likeness (QED) is 0.862. The lowest BCUT2D eigenvalue weighted by atomic mass is 10.1. The van der Waals surface area contributed by atoms with Gasteiger partial charge in [0.15, 0.2) is 0 Å². The van der Waals surface area contributed by atoms with Gasteiger partial charge in [-0.2, -0.15) is 5.26 Å². The number of H-pyrrole nitrogens is 1. The molecule has 0 bridgehead atoms. The van der Waals surface area contributed by atoms with E-state index in [4.69, 9.17) is 9.47 Å². The number of nitriles is 1. The predicted molar refractivity (Wildman–Crippen MR) is 65.6 cm³/mol. The van der Waals surface area contributed by atoms with Gasteiger partial charge in [0.25, 0.3) is 0 Å². The van der Waals surface area contributed by atoms with Crippen molar-refractivity contribution in [2.24, 2.45) is 0 Å².